The zero-order chi connectivity index (χ0) is 10.7. The zero-order valence-electron chi connectivity index (χ0n) is 9.21. The lowest BCUT2D eigenvalue weighted by Crippen LogP contribution is -2.55. The van der Waals surface area contributed by atoms with E-state index in [-0.39, 0.29) is 5.16 Å². The maximum absolute atomic E-state index is 11.9. The zero-order valence-corrected chi connectivity index (χ0v) is 11.2. The molecule has 0 aliphatic carbocycles. The molecule has 0 aromatic carbocycles. The lowest BCUT2D eigenvalue weighted by molar-refractivity contribution is 0.118. The third kappa shape index (κ3) is 2.86. The van der Waals surface area contributed by atoms with Crippen LogP contribution in [0.1, 0.15) is 6.92 Å². The van der Waals surface area contributed by atoms with E-state index < -0.39 is 17.1 Å². The van der Waals surface area contributed by atoms with Crippen LogP contribution in [0, 0.1) is 0 Å². The van der Waals surface area contributed by atoms with E-state index in [1.807, 2.05) is 6.92 Å². The fourth-order valence-electron chi connectivity index (χ4n) is 1.21. The van der Waals surface area contributed by atoms with Crippen molar-refractivity contribution in [3.63, 3.8) is 0 Å². The highest BCUT2D eigenvalue weighted by Gasteiger charge is 2.53. The standard InChI is InChI=1S/C7H19O4Si2/c1-7(12(5,6)8)13(9-2,10-3)11-4/h7H,1-6H3. The molecule has 0 bridgehead atoms. The average Bonchev–Trinajstić information content (AvgIpc) is 2.07. The van der Waals surface area contributed by atoms with Crippen molar-refractivity contribution in [2.45, 2.75) is 25.2 Å². The van der Waals surface area contributed by atoms with Gasteiger partial charge in [-0.15, -0.1) is 0 Å². The summed E-state index contributed by atoms with van der Waals surface area (Å²) in [6.07, 6.45) is 0. The Hall–Kier alpha value is 0.274. The number of rotatable bonds is 5. The van der Waals surface area contributed by atoms with Crippen LogP contribution < -0.4 is 0 Å². The Morgan fingerprint density at radius 3 is 1.38 bits per heavy atom. The third-order valence-electron chi connectivity index (χ3n) is 2.43. The molecule has 0 aromatic heterocycles. The van der Waals surface area contributed by atoms with Crippen LogP contribution in [-0.4, -0.2) is 38.5 Å². The van der Waals surface area contributed by atoms with Gasteiger partial charge in [0, 0.05) is 26.5 Å². The van der Waals surface area contributed by atoms with Crippen molar-refractivity contribution in [3.05, 3.63) is 0 Å². The Morgan fingerprint density at radius 2 is 1.31 bits per heavy atom. The van der Waals surface area contributed by atoms with E-state index in [0.29, 0.717) is 0 Å². The molecule has 6 heteroatoms. The molecular formula is C7H19O4Si2. The van der Waals surface area contributed by atoms with Gasteiger partial charge in [0.2, 0.25) is 8.32 Å². The maximum atomic E-state index is 11.9. The molecule has 1 unspecified atom stereocenters. The van der Waals surface area contributed by atoms with Crippen molar-refractivity contribution in [1.82, 2.24) is 0 Å². The van der Waals surface area contributed by atoms with Crippen LogP contribution in [0.5, 0.6) is 0 Å². The summed E-state index contributed by atoms with van der Waals surface area (Å²) in [7, 11) is -0.617. The molecule has 0 amide bonds. The minimum Gasteiger partial charge on any atom is -0.377 e. The lowest BCUT2D eigenvalue weighted by Gasteiger charge is -2.34. The van der Waals surface area contributed by atoms with E-state index in [1.165, 1.54) is 21.3 Å². The lowest BCUT2D eigenvalue weighted by atomic mass is 10.9. The van der Waals surface area contributed by atoms with Gasteiger partial charge in [-0.3, -0.25) is 4.80 Å². The van der Waals surface area contributed by atoms with Crippen molar-refractivity contribution in [2.24, 2.45) is 0 Å². The van der Waals surface area contributed by atoms with Gasteiger partial charge in [0.15, 0.2) is 0 Å². The van der Waals surface area contributed by atoms with Crippen LogP contribution in [0.3, 0.4) is 0 Å². The van der Waals surface area contributed by atoms with Crippen LogP contribution >= 0.6 is 0 Å². The van der Waals surface area contributed by atoms with Gasteiger partial charge in [-0.05, 0) is 13.1 Å². The molecule has 1 radical (unpaired) electrons. The highest BCUT2D eigenvalue weighted by molar-refractivity contribution is 6.86. The van der Waals surface area contributed by atoms with Crippen LogP contribution in [0.15, 0.2) is 0 Å². The molecule has 1 atom stereocenters. The minimum atomic E-state index is -2.71. The molecule has 0 aliphatic heterocycles. The molecular weight excluding hydrogens is 204 g/mol. The monoisotopic (exact) mass is 223 g/mol. The van der Waals surface area contributed by atoms with Crippen molar-refractivity contribution >= 4 is 17.1 Å². The molecule has 13 heavy (non-hydrogen) atoms. The molecule has 0 saturated carbocycles. The summed E-state index contributed by atoms with van der Waals surface area (Å²) < 4.78 is 15.8. The molecule has 4 nitrogen and oxygen atoms in total. The average molecular weight is 223 g/mol. The summed E-state index contributed by atoms with van der Waals surface area (Å²) in [5.41, 5.74) is 0. The fourth-order valence-corrected chi connectivity index (χ4v) is 7.23. The first kappa shape index (κ1) is 13.3. The second kappa shape index (κ2) is 4.67. The number of hydrogen-bond acceptors (Lipinski definition) is 3. The smallest absolute Gasteiger partial charge is 0.377 e. The highest BCUT2D eigenvalue weighted by atomic mass is 28.4. The van der Waals surface area contributed by atoms with Crippen LogP contribution in [-0.2, 0) is 18.1 Å². The summed E-state index contributed by atoms with van der Waals surface area (Å²) in [6, 6.07) is 0. The topological polar surface area (TPSA) is 47.6 Å². The summed E-state index contributed by atoms with van der Waals surface area (Å²) in [5.74, 6) is 0. The van der Waals surface area contributed by atoms with Crippen molar-refractivity contribution in [3.8, 4) is 0 Å². The fraction of sp³-hybridized carbons (Fsp3) is 1.00. The molecule has 0 fully saturated rings. The van der Waals surface area contributed by atoms with Gasteiger partial charge >= 0.3 is 8.80 Å². The molecule has 0 rings (SSSR count). The van der Waals surface area contributed by atoms with E-state index in [4.69, 9.17) is 13.3 Å². The Morgan fingerprint density at radius 1 is 1.00 bits per heavy atom. The van der Waals surface area contributed by atoms with E-state index in [0.717, 1.165) is 0 Å². The summed E-state index contributed by atoms with van der Waals surface area (Å²) in [5, 5.41) is -0.139. The van der Waals surface area contributed by atoms with Crippen LogP contribution in [0.25, 0.3) is 0 Å². The van der Waals surface area contributed by atoms with Gasteiger partial charge in [0.25, 0.3) is 0 Å². The Labute approximate surface area is 82.3 Å². The van der Waals surface area contributed by atoms with Gasteiger partial charge in [-0.1, -0.05) is 6.92 Å². The van der Waals surface area contributed by atoms with Gasteiger partial charge in [0.1, 0.15) is 0 Å². The predicted molar refractivity (Wildman–Crippen MR) is 54.4 cm³/mol. The first-order valence-corrected chi connectivity index (χ1v) is 8.98. The van der Waals surface area contributed by atoms with Crippen molar-refractivity contribution in [2.75, 3.05) is 21.3 Å². The largest absolute Gasteiger partial charge is 0.502 e. The minimum absolute atomic E-state index is 0.139. The normalized spacial score (nSPS) is 15.9. The predicted octanol–water partition coefficient (Wildman–Crippen LogP) is 1.43. The summed E-state index contributed by atoms with van der Waals surface area (Å²) in [6.45, 7) is 5.36. The van der Waals surface area contributed by atoms with Crippen LogP contribution in [0.2, 0.25) is 18.3 Å². The third-order valence-corrected chi connectivity index (χ3v) is 10.4. The highest BCUT2D eigenvalue weighted by Crippen LogP contribution is 2.31. The molecule has 0 saturated heterocycles. The molecule has 0 N–H and O–H groups in total. The maximum Gasteiger partial charge on any atom is 0.502 e. The molecule has 0 heterocycles. The SMILES string of the molecule is CO[Si](OC)(OC)C(C)[Si](C)(C)[O]. The van der Waals surface area contributed by atoms with Crippen molar-refractivity contribution in [1.29, 1.82) is 0 Å². The van der Waals surface area contributed by atoms with Crippen molar-refractivity contribution < 1.29 is 18.1 Å². The Bertz CT molecular complexity index is 145. The van der Waals surface area contributed by atoms with Gasteiger partial charge in [-0.2, -0.15) is 0 Å². The Kier molecular flexibility index (Phi) is 4.77. The first-order valence-electron chi connectivity index (χ1n) is 4.20. The number of hydrogen-bond donors (Lipinski definition) is 0. The van der Waals surface area contributed by atoms with Gasteiger partial charge in [-0.25, -0.2) is 0 Å². The quantitative estimate of drug-likeness (QED) is 0.662. The second-order valence-corrected chi connectivity index (χ2v) is 11.5. The molecule has 0 aliphatic rings. The molecule has 0 spiro atoms. The Balaban J connectivity index is 4.73. The first-order chi connectivity index (χ1) is 5.84. The van der Waals surface area contributed by atoms with E-state index >= 15 is 0 Å². The van der Waals surface area contributed by atoms with E-state index in [2.05, 4.69) is 0 Å². The molecule has 79 valence electrons. The van der Waals surface area contributed by atoms with E-state index in [1.54, 1.807) is 13.1 Å². The van der Waals surface area contributed by atoms with E-state index in [9.17, 15) is 4.80 Å². The van der Waals surface area contributed by atoms with Crippen LogP contribution in [0.4, 0.5) is 0 Å². The molecule has 0 aromatic rings. The van der Waals surface area contributed by atoms with Gasteiger partial charge in [0.05, 0.1) is 0 Å². The van der Waals surface area contributed by atoms with Gasteiger partial charge < -0.3 is 13.3 Å². The summed E-state index contributed by atoms with van der Waals surface area (Å²) >= 11 is 0. The summed E-state index contributed by atoms with van der Waals surface area (Å²) in [4.78, 5) is 11.9. The second-order valence-electron chi connectivity index (χ2n) is 3.54.